The van der Waals surface area contributed by atoms with Crippen molar-refractivity contribution in [2.45, 2.75) is 38.9 Å². The summed E-state index contributed by atoms with van der Waals surface area (Å²) >= 11 is 1.82. The average Bonchev–Trinajstić information content (AvgIpc) is 3.07. The van der Waals surface area contributed by atoms with Crippen LogP contribution in [0.15, 0.2) is 29.6 Å². The molecule has 5 heteroatoms. The molecule has 3 heterocycles. The lowest BCUT2D eigenvalue weighted by atomic mass is 10.1. The van der Waals surface area contributed by atoms with Crippen molar-refractivity contribution in [3.63, 3.8) is 0 Å². The van der Waals surface area contributed by atoms with E-state index < -0.39 is 0 Å². The Bertz CT molecular complexity index is 774. The molecule has 0 saturated carbocycles. The maximum atomic E-state index is 4.46. The molecule has 3 aromatic rings. The van der Waals surface area contributed by atoms with Crippen LogP contribution in [0.1, 0.15) is 23.6 Å². The van der Waals surface area contributed by atoms with E-state index in [1.165, 1.54) is 15.6 Å². The predicted octanol–water partition coefficient (Wildman–Crippen LogP) is 2.91. The van der Waals surface area contributed by atoms with Gasteiger partial charge in [-0.3, -0.25) is 0 Å². The minimum absolute atomic E-state index is 0.484. The fourth-order valence-electron chi connectivity index (χ4n) is 3.02. The number of aryl methyl sites for hydroxylation is 2. The summed E-state index contributed by atoms with van der Waals surface area (Å²) in [6, 6.07) is 9.10. The largest absolute Gasteiger partial charge is 0.308 e. The van der Waals surface area contributed by atoms with Crippen LogP contribution in [0.3, 0.4) is 0 Å². The molecule has 108 valence electrons. The first kappa shape index (κ1) is 13.0. The minimum atomic E-state index is 0.484. The predicted molar refractivity (Wildman–Crippen MR) is 85.5 cm³/mol. The summed E-state index contributed by atoms with van der Waals surface area (Å²) in [7, 11) is 0. The molecule has 0 amide bonds. The molecule has 0 bridgehead atoms. The number of hydrogen-bond acceptors (Lipinski definition) is 4. The number of aromatic nitrogens is 3. The van der Waals surface area contributed by atoms with Crippen LogP contribution in [0.5, 0.6) is 0 Å². The molecule has 0 spiro atoms. The van der Waals surface area contributed by atoms with Crippen molar-refractivity contribution < 1.29 is 0 Å². The number of thiophene rings is 1. The lowest BCUT2D eigenvalue weighted by molar-refractivity contribution is 0.358. The Labute approximate surface area is 127 Å². The van der Waals surface area contributed by atoms with E-state index in [0.29, 0.717) is 6.04 Å². The summed E-state index contributed by atoms with van der Waals surface area (Å²) in [4.78, 5) is 4.46. The van der Waals surface area contributed by atoms with Crippen molar-refractivity contribution in [3.8, 4) is 0 Å². The average molecular weight is 298 g/mol. The van der Waals surface area contributed by atoms with Crippen LogP contribution in [0, 0.1) is 6.92 Å². The fourth-order valence-corrected chi connectivity index (χ4v) is 3.99. The summed E-state index contributed by atoms with van der Waals surface area (Å²) in [5, 5.41) is 11.8. The van der Waals surface area contributed by atoms with Gasteiger partial charge in [0.15, 0.2) is 0 Å². The van der Waals surface area contributed by atoms with E-state index >= 15 is 0 Å². The van der Waals surface area contributed by atoms with Gasteiger partial charge in [-0.2, -0.15) is 5.10 Å². The normalized spacial score (nSPS) is 18.0. The third-order valence-corrected chi connectivity index (χ3v) is 5.12. The van der Waals surface area contributed by atoms with Crippen molar-refractivity contribution >= 4 is 21.4 Å². The second-order valence-electron chi connectivity index (χ2n) is 5.63. The van der Waals surface area contributed by atoms with E-state index in [0.717, 1.165) is 37.6 Å². The molecule has 21 heavy (non-hydrogen) atoms. The van der Waals surface area contributed by atoms with Crippen LogP contribution >= 0.6 is 11.3 Å². The second kappa shape index (κ2) is 5.24. The second-order valence-corrected chi connectivity index (χ2v) is 6.54. The number of benzene rings is 1. The van der Waals surface area contributed by atoms with Crippen LogP contribution in [0.2, 0.25) is 0 Å². The molecule has 4 rings (SSSR count). The lowest BCUT2D eigenvalue weighted by Crippen LogP contribution is -2.37. The van der Waals surface area contributed by atoms with Gasteiger partial charge in [0.05, 0.1) is 6.54 Å². The monoisotopic (exact) mass is 298 g/mol. The number of hydrogen-bond donors (Lipinski definition) is 1. The van der Waals surface area contributed by atoms with Gasteiger partial charge in [-0.15, -0.1) is 11.3 Å². The summed E-state index contributed by atoms with van der Waals surface area (Å²) in [6.45, 7) is 3.82. The fraction of sp³-hybridized carbons (Fsp3) is 0.375. The molecule has 0 radical (unpaired) electrons. The zero-order chi connectivity index (χ0) is 14.2. The van der Waals surface area contributed by atoms with Crippen LogP contribution < -0.4 is 5.32 Å². The minimum Gasteiger partial charge on any atom is -0.308 e. The van der Waals surface area contributed by atoms with Gasteiger partial charge in [-0.05, 0) is 35.7 Å². The summed E-state index contributed by atoms with van der Waals surface area (Å²) in [5.41, 5.74) is 1.40. The molecule has 1 unspecified atom stereocenters. The van der Waals surface area contributed by atoms with Crippen molar-refractivity contribution in [1.82, 2.24) is 20.1 Å². The smallest absolute Gasteiger partial charge is 0.147 e. The molecular formula is C16H18N4S. The topological polar surface area (TPSA) is 42.7 Å². The summed E-state index contributed by atoms with van der Waals surface area (Å²) in [5.74, 6) is 2.01. The highest BCUT2D eigenvalue weighted by Crippen LogP contribution is 2.25. The Hall–Kier alpha value is -1.72. The van der Waals surface area contributed by atoms with Gasteiger partial charge in [-0.1, -0.05) is 18.2 Å². The summed E-state index contributed by atoms with van der Waals surface area (Å²) in [6.07, 6.45) is 2.16. The Morgan fingerprint density at radius 1 is 1.38 bits per heavy atom. The Balaban J connectivity index is 1.46. The highest BCUT2D eigenvalue weighted by Gasteiger charge is 2.20. The van der Waals surface area contributed by atoms with E-state index in [1.54, 1.807) is 0 Å². The van der Waals surface area contributed by atoms with Crippen molar-refractivity contribution in [1.29, 1.82) is 0 Å². The van der Waals surface area contributed by atoms with Gasteiger partial charge in [-0.25, -0.2) is 9.67 Å². The Kier molecular flexibility index (Phi) is 3.24. The molecule has 0 aliphatic carbocycles. The van der Waals surface area contributed by atoms with Crippen LogP contribution in [-0.2, 0) is 19.5 Å². The van der Waals surface area contributed by atoms with E-state index in [4.69, 9.17) is 0 Å². The van der Waals surface area contributed by atoms with Gasteiger partial charge in [0.25, 0.3) is 0 Å². The molecule has 4 nitrogen and oxygen atoms in total. The van der Waals surface area contributed by atoms with E-state index in [9.17, 15) is 0 Å². The third-order valence-electron chi connectivity index (χ3n) is 4.11. The van der Waals surface area contributed by atoms with Gasteiger partial charge in [0.2, 0.25) is 0 Å². The number of fused-ring (bicyclic) bond motifs is 2. The van der Waals surface area contributed by atoms with Crippen LogP contribution in [0.4, 0.5) is 0 Å². The standard InChI is InChI=1S/C16H18N4S/c1-11-18-16-7-6-13(9-20(16)19-11)17-8-12-10-21-15-5-3-2-4-14(12)15/h2-5,10,13,17H,6-9H2,1H3. The van der Waals surface area contributed by atoms with Gasteiger partial charge in [0, 0.05) is 23.7 Å². The Morgan fingerprint density at radius 3 is 3.24 bits per heavy atom. The molecule has 0 saturated heterocycles. The van der Waals surface area contributed by atoms with Crippen molar-refractivity contribution in [2.75, 3.05) is 0 Å². The highest BCUT2D eigenvalue weighted by molar-refractivity contribution is 7.17. The molecule has 1 aromatic carbocycles. The Morgan fingerprint density at radius 2 is 2.29 bits per heavy atom. The maximum absolute atomic E-state index is 4.46. The SMILES string of the molecule is Cc1nc2n(n1)CC(NCc1csc3ccccc13)CC2. The summed E-state index contributed by atoms with van der Waals surface area (Å²) < 4.78 is 3.43. The maximum Gasteiger partial charge on any atom is 0.147 e. The van der Waals surface area contributed by atoms with Gasteiger partial charge < -0.3 is 5.32 Å². The van der Waals surface area contributed by atoms with E-state index in [1.807, 2.05) is 18.3 Å². The van der Waals surface area contributed by atoms with Crippen LogP contribution in [0.25, 0.3) is 10.1 Å². The molecule has 1 atom stereocenters. The number of nitrogens with zero attached hydrogens (tertiary/aromatic N) is 3. The highest BCUT2D eigenvalue weighted by atomic mass is 32.1. The van der Waals surface area contributed by atoms with Crippen molar-refractivity contribution in [2.24, 2.45) is 0 Å². The van der Waals surface area contributed by atoms with Gasteiger partial charge in [0.1, 0.15) is 11.6 Å². The number of rotatable bonds is 3. The first-order chi connectivity index (χ1) is 10.3. The first-order valence-electron chi connectivity index (χ1n) is 7.38. The van der Waals surface area contributed by atoms with E-state index in [-0.39, 0.29) is 0 Å². The molecule has 1 aliphatic heterocycles. The lowest BCUT2D eigenvalue weighted by Gasteiger charge is -2.23. The van der Waals surface area contributed by atoms with Crippen LogP contribution in [-0.4, -0.2) is 20.8 Å². The number of nitrogens with one attached hydrogen (secondary N) is 1. The van der Waals surface area contributed by atoms with Gasteiger partial charge >= 0.3 is 0 Å². The zero-order valence-electron chi connectivity index (χ0n) is 12.0. The van der Waals surface area contributed by atoms with E-state index in [2.05, 4.69) is 49.7 Å². The quantitative estimate of drug-likeness (QED) is 0.808. The molecule has 1 N–H and O–H groups in total. The van der Waals surface area contributed by atoms with Crippen molar-refractivity contribution in [3.05, 3.63) is 46.9 Å². The first-order valence-corrected chi connectivity index (χ1v) is 8.26. The molecule has 0 fully saturated rings. The molecule has 2 aromatic heterocycles. The molecule has 1 aliphatic rings. The molecular weight excluding hydrogens is 280 g/mol. The third kappa shape index (κ3) is 2.47. The zero-order valence-corrected chi connectivity index (χ0v) is 12.9.